The highest BCUT2D eigenvalue weighted by atomic mass is 32.2. The molecule has 5 atom stereocenters. The van der Waals surface area contributed by atoms with Crippen LogP contribution in [0.4, 0.5) is 5.69 Å². The summed E-state index contributed by atoms with van der Waals surface area (Å²) in [7, 11) is -4.02. The minimum atomic E-state index is -4.02. The summed E-state index contributed by atoms with van der Waals surface area (Å²) >= 11 is 1.60. The van der Waals surface area contributed by atoms with E-state index in [2.05, 4.69) is 22.2 Å². The number of ether oxygens (including phenoxy) is 2. The molecule has 0 bridgehead atoms. The van der Waals surface area contributed by atoms with Crippen LogP contribution >= 0.6 is 11.8 Å². The highest BCUT2D eigenvalue weighted by Gasteiger charge is 2.42. The van der Waals surface area contributed by atoms with Crippen LogP contribution in [0.25, 0.3) is 0 Å². The Morgan fingerprint density at radius 2 is 1.45 bits per heavy atom. The van der Waals surface area contributed by atoms with Crippen molar-refractivity contribution >= 4 is 33.4 Å². The van der Waals surface area contributed by atoms with Crippen LogP contribution < -0.4 is 10.0 Å². The topological polar surface area (TPSA) is 134 Å². The van der Waals surface area contributed by atoms with Gasteiger partial charge in [-0.05, 0) is 59.9 Å². The Morgan fingerprint density at radius 3 is 2.13 bits per heavy atom. The Bertz CT molecular complexity index is 2030. The summed E-state index contributed by atoms with van der Waals surface area (Å²) in [5.41, 5.74) is 5.61. The molecule has 276 valence electrons. The number of benzene rings is 5. The van der Waals surface area contributed by atoms with Crippen molar-refractivity contribution < 1.29 is 32.9 Å². The van der Waals surface area contributed by atoms with E-state index in [4.69, 9.17) is 9.47 Å². The van der Waals surface area contributed by atoms with Gasteiger partial charge in [0.25, 0.3) is 0 Å². The standard InChI is InChI=1S/C42H44N2O7S2/c1-29-15-21-36(22-16-29)53(48,49)44-37(25-30-9-4-2-5-10-30)41(47)43-35-14-8-13-34(26-35)42-50-38(28-52-24-23-45)39(32-11-6-3-7-12-32)40(51-42)33-19-17-31(27-46)18-20-33/h2-22,26,37-40,42,44-46H,23-25,27-28H2,1H3,(H,43,47). The largest absolute Gasteiger partial charge is 0.396 e. The van der Waals surface area contributed by atoms with Gasteiger partial charge in [0.15, 0.2) is 6.29 Å². The molecule has 5 aromatic rings. The highest BCUT2D eigenvalue weighted by Crippen LogP contribution is 2.47. The summed E-state index contributed by atoms with van der Waals surface area (Å²) < 4.78 is 43.0. The number of carbonyl (C=O) groups is 1. The monoisotopic (exact) mass is 752 g/mol. The molecule has 1 aliphatic heterocycles. The molecule has 1 fully saturated rings. The minimum absolute atomic E-state index is 0.0492. The lowest BCUT2D eigenvalue weighted by atomic mass is 9.84. The van der Waals surface area contributed by atoms with E-state index in [-0.39, 0.29) is 36.6 Å². The molecule has 53 heavy (non-hydrogen) atoms. The second-order valence-electron chi connectivity index (χ2n) is 13.0. The van der Waals surface area contributed by atoms with Gasteiger partial charge < -0.3 is 25.0 Å². The van der Waals surface area contributed by atoms with Gasteiger partial charge in [0.2, 0.25) is 15.9 Å². The smallest absolute Gasteiger partial charge is 0.242 e. The molecular weight excluding hydrogens is 709 g/mol. The third kappa shape index (κ3) is 10.0. The number of hydrogen-bond acceptors (Lipinski definition) is 8. The molecule has 4 N–H and O–H groups in total. The molecule has 5 aromatic carbocycles. The molecular formula is C42H44N2O7S2. The summed E-state index contributed by atoms with van der Waals surface area (Å²) in [6.07, 6.45) is -1.40. The van der Waals surface area contributed by atoms with Gasteiger partial charge >= 0.3 is 0 Å². The van der Waals surface area contributed by atoms with Gasteiger partial charge in [-0.15, -0.1) is 0 Å². The molecule has 1 aliphatic rings. The van der Waals surface area contributed by atoms with Crippen molar-refractivity contribution in [3.63, 3.8) is 0 Å². The number of carbonyl (C=O) groups excluding carboxylic acids is 1. The summed E-state index contributed by atoms with van der Waals surface area (Å²) in [6.45, 7) is 1.85. The predicted molar refractivity (Wildman–Crippen MR) is 208 cm³/mol. The number of hydrogen-bond donors (Lipinski definition) is 4. The zero-order valence-electron chi connectivity index (χ0n) is 29.4. The van der Waals surface area contributed by atoms with E-state index in [1.165, 1.54) is 12.1 Å². The third-order valence-electron chi connectivity index (χ3n) is 9.14. The van der Waals surface area contributed by atoms with Crippen molar-refractivity contribution in [3.8, 4) is 0 Å². The van der Waals surface area contributed by atoms with E-state index >= 15 is 0 Å². The lowest BCUT2D eigenvalue weighted by Gasteiger charge is -2.43. The van der Waals surface area contributed by atoms with Gasteiger partial charge in [-0.3, -0.25) is 4.79 Å². The number of rotatable bonds is 15. The first-order chi connectivity index (χ1) is 25.7. The Morgan fingerprint density at radius 1 is 0.774 bits per heavy atom. The molecule has 5 unspecified atom stereocenters. The summed E-state index contributed by atoms with van der Waals surface area (Å²) in [5, 5.41) is 22.2. The van der Waals surface area contributed by atoms with E-state index in [0.29, 0.717) is 22.8 Å². The first-order valence-corrected chi connectivity index (χ1v) is 20.2. The van der Waals surface area contributed by atoms with Crippen LogP contribution in [0.15, 0.2) is 138 Å². The molecule has 0 saturated carbocycles. The molecule has 0 aromatic heterocycles. The van der Waals surface area contributed by atoms with Gasteiger partial charge in [-0.25, -0.2) is 8.42 Å². The van der Waals surface area contributed by atoms with Crippen LogP contribution in [0.5, 0.6) is 0 Å². The number of aliphatic hydroxyl groups is 2. The fraction of sp³-hybridized carbons (Fsp3) is 0.262. The second kappa shape index (κ2) is 18.1. The van der Waals surface area contributed by atoms with E-state index in [1.54, 1.807) is 42.1 Å². The summed E-state index contributed by atoms with van der Waals surface area (Å²) in [4.78, 5) is 14.0. The Labute approximate surface area is 315 Å². The zero-order valence-corrected chi connectivity index (χ0v) is 31.0. The van der Waals surface area contributed by atoms with Crippen LogP contribution in [0.1, 0.15) is 51.7 Å². The van der Waals surface area contributed by atoms with E-state index in [9.17, 15) is 23.4 Å². The summed E-state index contributed by atoms with van der Waals surface area (Å²) in [6, 6.07) is 39.6. The number of nitrogens with one attached hydrogen (secondary N) is 2. The third-order valence-corrected chi connectivity index (χ3v) is 11.7. The molecule has 1 saturated heterocycles. The van der Waals surface area contributed by atoms with Gasteiger partial charge in [0.05, 0.1) is 30.3 Å². The number of thioether (sulfide) groups is 1. The van der Waals surface area contributed by atoms with Crippen LogP contribution in [-0.2, 0) is 37.3 Å². The van der Waals surface area contributed by atoms with E-state index in [1.807, 2.05) is 85.8 Å². The molecule has 1 heterocycles. The molecule has 0 radical (unpaired) electrons. The zero-order chi connectivity index (χ0) is 37.2. The van der Waals surface area contributed by atoms with E-state index < -0.39 is 34.4 Å². The molecule has 1 amide bonds. The lowest BCUT2D eigenvalue weighted by Crippen LogP contribution is -2.45. The lowest BCUT2D eigenvalue weighted by molar-refractivity contribution is -0.255. The molecule has 9 nitrogen and oxygen atoms in total. The fourth-order valence-electron chi connectivity index (χ4n) is 6.42. The maximum absolute atomic E-state index is 13.9. The highest BCUT2D eigenvalue weighted by molar-refractivity contribution is 7.99. The van der Waals surface area contributed by atoms with Crippen molar-refractivity contribution in [2.24, 2.45) is 0 Å². The number of aryl methyl sites for hydroxylation is 1. The molecule has 0 aliphatic carbocycles. The van der Waals surface area contributed by atoms with Crippen molar-refractivity contribution in [3.05, 3.63) is 167 Å². The number of amides is 1. The number of sulfonamides is 1. The Balaban J connectivity index is 1.28. The maximum atomic E-state index is 13.9. The SMILES string of the molecule is Cc1ccc(S(=O)(=O)NC(Cc2ccccc2)C(=O)Nc2cccc(C3OC(CSCCO)C(c4ccccc4)C(c4ccc(CO)cc4)O3)c2)cc1. The quantitative estimate of drug-likeness (QED) is 0.0871. The van der Waals surface area contributed by atoms with Crippen LogP contribution in [-0.4, -0.2) is 54.8 Å². The van der Waals surface area contributed by atoms with Crippen molar-refractivity contribution in [2.75, 3.05) is 23.4 Å². The Kier molecular flexibility index (Phi) is 13.1. The van der Waals surface area contributed by atoms with Gasteiger partial charge in [-0.1, -0.05) is 115 Å². The van der Waals surface area contributed by atoms with Crippen molar-refractivity contribution in [1.82, 2.24) is 4.72 Å². The first-order valence-electron chi connectivity index (χ1n) is 17.5. The first kappa shape index (κ1) is 38.4. The number of aliphatic hydroxyl groups excluding tert-OH is 2. The van der Waals surface area contributed by atoms with Crippen LogP contribution in [0.2, 0.25) is 0 Å². The normalized spacial score (nSPS) is 19.4. The molecule has 6 rings (SSSR count). The minimum Gasteiger partial charge on any atom is -0.396 e. The fourth-order valence-corrected chi connectivity index (χ4v) is 8.43. The maximum Gasteiger partial charge on any atom is 0.242 e. The Hall–Kier alpha value is -4.33. The number of anilines is 1. The van der Waals surface area contributed by atoms with Gasteiger partial charge in [-0.2, -0.15) is 16.5 Å². The van der Waals surface area contributed by atoms with Gasteiger partial charge in [0, 0.05) is 28.7 Å². The second-order valence-corrected chi connectivity index (χ2v) is 15.9. The van der Waals surface area contributed by atoms with Crippen LogP contribution in [0, 0.1) is 6.92 Å². The average molecular weight is 753 g/mol. The summed E-state index contributed by atoms with van der Waals surface area (Å²) in [5.74, 6) is 0.463. The van der Waals surface area contributed by atoms with E-state index in [0.717, 1.165) is 27.8 Å². The predicted octanol–water partition coefficient (Wildman–Crippen LogP) is 6.68. The van der Waals surface area contributed by atoms with Gasteiger partial charge in [0.1, 0.15) is 6.04 Å². The average Bonchev–Trinajstić information content (AvgIpc) is 3.18. The van der Waals surface area contributed by atoms with Crippen LogP contribution in [0.3, 0.4) is 0 Å². The molecule has 11 heteroatoms. The molecule has 0 spiro atoms. The van der Waals surface area contributed by atoms with Crippen molar-refractivity contribution in [1.29, 1.82) is 0 Å². The van der Waals surface area contributed by atoms with Crippen molar-refractivity contribution in [2.45, 2.75) is 55.3 Å².